The predicted molar refractivity (Wildman–Crippen MR) is 79.0 cm³/mol. The average molecular weight is 244 g/mol. The van der Waals surface area contributed by atoms with Crippen LogP contribution in [-0.2, 0) is 6.54 Å². The van der Waals surface area contributed by atoms with Crippen LogP contribution in [0.2, 0.25) is 0 Å². The second-order valence-electron chi connectivity index (χ2n) is 4.98. The molecule has 0 bridgehead atoms. The standard InChI is InChI=1S/C16H24N2/c1-4-14(5-2)17-10-12-18-11-9-15-13(3)7-6-8-16(15)18/h6-9,11,14,17H,4-5,10,12H2,1-3H3. The number of nitrogens with zero attached hydrogens (tertiary/aromatic N) is 1. The molecule has 0 saturated heterocycles. The van der Waals surface area contributed by atoms with Crippen molar-refractivity contribution in [2.75, 3.05) is 6.54 Å². The van der Waals surface area contributed by atoms with Crippen LogP contribution >= 0.6 is 0 Å². The van der Waals surface area contributed by atoms with Crippen LogP contribution in [0.1, 0.15) is 32.3 Å². The van der Waals surface area contributed by atoms with Crippen molar-refractivity contribution in [3.05, 3.63) is 36.0 Å². The Morgan fingerprint density at radius 1 is 1.17 bits per heavy atom. The fourth-order valence-electron chi connectivity index (χ4n) is 2.54. The van der Waals surface area contributed by atoms with E-state index in [0.717, 1.165) is 13.1 Å². The van der Waals surface area contributed by atoms with Crippen molar-refractivity contribution in [1.82, 2.24) is 9.88 Å². The lowest BCUT2D eigenvalue weighted by atomic mass is 10.1. The summed E-state index contributed by atoms with van der Waals surface area (Å²) in [6.45, 7) is 8.76. The minimum Gasteiger partial charge on any atom is -0.346 e. The van der Waals surface area contributed by atoms with Gasteiger partial charge in [-0.15, -0.1) is 0 Å². The van der Waals surface area contributed by atoms with E-state index in [-0.39, 0.29) is 0 Å². The normalized spacial score (nSPS) is 11.6. The molecule has 2 rings (SSSR count). The summed E-state index contributed by atoms with van der Waals surface area (Å²) in [6.07, 6.45) is 4.62. The smallest absolute Gasteiger partial charge is 0.0483 e. The van der Waals surface area contributed by atoms with E-state index in [1.807, 2.05) is 0 Å². The SMILES string of the molecule is CCC(CC)NCCn1ccc2c(C)cccc21. The number of hydrogen-bond donors (Lipinski definition) is 1. The molecule has 0 saturated carbocycles. The molecule has 0 unspecified atom stereocenters. The molecule has 18 heavy (non-hydrogen) atoms. The van der Waals surface area contributed by atoms with E-state index in [1.54, 1.807) is 0 Å². The molecule has 1 aromatic carbocycles. The van der Waals surface area contributed by atoms with Crippen molar-refractivity contribution in [3.8, 4) is 0 Å². The fourth-order valence-corrected chi connectivity index (χ4v) is 2.54. The van der Waals surface area contributed by atoms with Crippen molar-refractivity contribution < 1.29 is 0 Å². The summed E-state index contributed by atoms with van der Waals surface area (Å²) in [5.74, 6) is 0. The minimum absolute atomic E-state index is 0.661. The molecule has 2 heteroatoms. The van der Waals surface area contributed by atoms with Gasteiger partial charge in [0.25, 0.3) is 0 Å². The monoisotopic (exact) mass is 244 g/mol. The first kappa shape index (κ1) is 13.2. The van der Waals surface area contributed by atoms with Crippen LogP contribution in [0.25, 0.3) is 10.9 Å². The maximum absolute atomic E-state index is 3.62. The highest BCUT2D eigenvalue weighted by Gasteiger charge is 2.04. The summed E-state index contributed by atoms with van der Waals surface area (Å²) < 4.78 is 2.34. The van der Waals surface area contributed by atoms with Crippen molar-refractivity contribution in [2.45, 2.75) is 46.2 Å². The number of aromatic nitrogens is 1. The Morgan fingerprint density at radius 2 is 1.94 bits per heavy atom. The molecule has 0 atom stereocenters. The van der Waals surface area contributed by atoms with Gasteiger partial charge in [0.1, 0.15) is 0 Å². The van der Waals surface area contributed by atoms with Gasteiger partial charge in [0.15, 0.2) is 0 Å². The third kappa shape index (κ3) is 2.75. The Morgan fingerprint density at radius 3 is 2.67 bits per heavy atom. The molecule has 2 nitrogen and oxygen atoms in total. The lowest BCUT2D eigenvalue weighted by molar-refractivity contribution is 0.468. The fraction of sp³-hybridized carbons (Fsp3) is 0.500. The molecule has 98 valence electrons. The van der Waals surface area contributed by atoms with Crippen LogP contribution < -0.4 is 5.32 Å². The quantitative estimate of drug-likeness (QED) is 0.819. The molecule has 1 N–H and O–H groups in total. The number of benzene rings is 1. The number of aryl methyl sites for hydroxylation is 1. The van der Waals surface area contributed by atoms with Gasteiger partial charge in [0, 0.05) is 36.2 Å². The van der Waals surface area contributed by atoms with E-state index >= 15 is 0 Å². The Bertz CT molecular complexity index is 495. The van der Waals surface area contributed by atoms with Crippen LogP contribution in [0.4, 0.5) is 0 Å². The van der Waals surface area contributed by atoms with Gasteiger partial charge in [-0.1, -0.05) is 26.0 Å². The Balaban J connectivity index is 2.02. The number of rotatable bonds is 6. The van der Waals surface area contributed by atoms with Gasteiger partial charge in [-0.3, -0.25) is 0 Å². The predicted octanol–water partition coefficient (Wildman–Crippen LogP) is 3.73. The van der Waals surface area contributed by atoms with Crippen molar-refractivity contribution in [1.29, 1.82) is 0 Å². The molecule has 0 spiro atoms. The van der Waals surface area contributed by atoms with Crippen LogP contribution in [-0.4, -0.2) is 17.2 Å². The van der Waals surface area contributed by atoms with Gasteiger partial charge < -0.3 is 9.88 Å². The van der Waals surface area contributed by atoms with Crippen LogP contribution in [0, 0.1) is 6.92 Å². The summed E-state index contributed by atoms with van der Waals surface area (Å²) >= 11 is 0. The highest BCUT2D eigenvalue weighted by molar-refractivity contribution is 5.83. The van der Waals surface area contributed by atoms with Gasteiger partial charge >= 0.3 is 0 Å². The molecule has 1 heterocycles. The van der Waals surface area contributed by atoms with Crippen molar-refractivity contribution in [3.63, 3.8) is 0 Å². The minimum atomic E-state index is 0.661. The Hall–Kier alpha value is -1.28. The molecule has 0 aliphatic carbocycles. The lowest BCUT2D eigenvalue weighted by Gasteiger charge is -2.15. The van der Waals surface area contributed by atoms with Gasteiger partial charge in [0.2, 0.25) is 0 Å². The zero-order chi connectivity index (χ0) is 13.0. The van der Waals surface area contributed by atoms with Crippen LogP contribution in [0.3, 0.4) is 0 Å². The van der Waals surface area contributed by atoms with E-state index in [2.05, 4.69) is 61.1 Å². The van der Waals surface area contributed by atoms with Crippen molar-refractivity contribution in [2.24, 2.45) is 0 Å². The highest BCUT2D eigenvalue weighted by Crippen LogP contribution is 2.19. The molecule has 2 aromatic rings. The number of hydrogen-bond acceptors (Lipinski definition) is 1. The van der Waals surface area contributed by atoms with E-state index in [4.69, 9.17) is 0 Å². The van der Waals surface area contributed by atoms with Crippen LogP contribution in [0.5, 0.6) is 0 Å². The second-order valence-corrected chi connectivity index (χ2v) is 4.98. The first-order chi connectivity index (χ1) is 8.76. The highest BCUT2D eigenvalue weighted by atomic mass is 15.0. The summed E-state index contributed by atoms with van der Waals surface area (Å²) in [5, 5.41) is 4.99. The number of nitrogens with one attached hydrogen (secondary N) is 1. The van der Waals surface area contributed by atoms with Gasteiger partial charge in [-0.25, -0.2) is 0 Å². The van der Waals surface area contributed by atoms with Gasteiger partial charge in [0.05, 0.1) is 0 Å². The third-order valence-corrected chi connectivity index (χ3v) is 3.80. The van der Waals surface area contributed by atoms with E-state index in [0.29, 0.717) is 6.04 Å². The summed E-state index contributed by atoms with van der Waals surface area (Å²) in [5.41, 5.74) is 2.71. The molecule has 0 aliphatic heterocycles. The first-order valence-corrected chi connectivity index (χ1v) is 7.04. The second kappa shape index (κ2) is 6.05. The Kier molecular flexibility index (Phi) is 4.43. The van der Waals surface area contributed by atoms with E-state index in [9.17, 15) is 0 Å². The summed E-state index contributed by atoms with van der Waals surface area (Å²) in [7, 11) is 0. The largest absolute Gasteiger partial charge is 0.346 e. The Labute approximate surface area is 110 Å². The van der Waals surface area contributed by atoms with Gasteiger partial charge in [-0.2, -0.15) is 0 Å². The molecule has 0 radical (unpaired) electrons. The van der Waals surface area contributed by atoms with E-state index < -0.39 is 0 Å². The van der Waals surface area contributed by atoms with Gasteiger partial charge in [-0.05, 0) is 37.5 Å². The maximum atomic E-state index is 3.62. The molecule has 1 aromatic heterocycles. The number of fused-ring (bicyclic) bond motifs is 1. The average Bonchev–Trinajstić information content (AvgIpc) is 2.80. The molecular formula is C16H24N2. The first-order valence-electron chi connectivity index (χ1n) is 7.04. The summed E-state index contributed by atoms with van der Waals surface area (Å²) in [4.78, 5) is 0. The van der Waals surface area contributed by atoms with Crippen molar-refractivity contribution >= 4 is 10.9 Å². The zero-order valence-electron chi connectivity index (χ0n) is 11.7. The molecule has 0 fully saturated rings. The summed E-state index contributed by atoms with van der Waals surface area (Å²) in [6, 6.07) is 9.41. The lowest BCUT2D eigenvalue weighted by Crippen LogP contribution is -2.30. The molecule has 0 aliphatic rings. The maximum Gasteiger partial charge on any atom is 0.0483 e. The van der Waals surface area contributed by atoms with E-state index in [1.165, 1.54) is 29.3 Å². The van der Waals surface area contributed by atoms with Crippen LogP contribution in [0.15, 0.2) is 30.5 Å². The molecular weight excluding hydrogens is 220 g/mol. The third-order valence-electron chi connectivity index (χ3n) is 3.80. The molecule has 0 amide bonds. The zero-order valence-corrected chi connectivity index (χ0v) is 11.7. The topological polar surface area (TPSA) is 17.0 Å².